The SMILES string of the molecule is O=S(=O)(Cc1ccccc1Cl)NCc1nc(-c2ccccn2)cs1. The molecule has 0 aliphatic heterocycles. The van der Waals surface area contributed by atoms with Gasteiger partial charge in [-0.3, -0.25) is 4.98 Å². The first-order valence-corrected chi connectivity index (χ1v) is 10.0. The van der Waals surface area contributed by atoms with Crippen LogP contribution in [0.5, 0.6) is 0 Å². The van der Waals surface area contributed by atoms with Crippen molar-refractivity contribution in [1.82, 2.24) is 14.7 Å². The molecule has 0 aliphatic rings. The molecule has 2 heterocycles. The Labute approximate surface area is 149 Å². The maximum atomic E-state index is 12.2. The van der Waals surface area contributed by atoms with Crippen LogP contribution < -0.4 is 4.72 Å². The highest BCUT2D eigenvalue weighted by molar-refractivity contribution is 7.88. The molecule has 124 valence electrons. The van der Waals surface area contributed by atoms with Gasteiger partial charge in [0.1, 0.15) is 5.01 Å². The first-order chi connectivity index (χ1) is 11.5. The fourth-order valence-electron chi connectivity index (χ4n) is 2.07. The van der Waals surface area contributed by atoms with Gasteiger partial charge in [0.25, 0.3) is 0 Å². The van der Waals surface area contributed by atoms with E-state index < -0.39 is 10.0 Å². The average Bonchev–Trinajstić information content (AvgIpc) is 3.05. The maximum Gasteiger partial charge on any atom is 0.216 e. The third-order valence-corrected chi connectivity index (χ3v) is 5.72. The third kappa shape index (κ3) is 4.39. The van der Waals surface area contributed by atoms with Gasteiger partial charge in [-0.1, -0.05) is 35.9 Å². The Bertz CT molecular complexity index is 927. The van der Waals surface area contributed by atoms with Crippen molar-refractivity contribution < 1.29 is 8.42 Å². The Kier molecular flexibility index (Phi) is 5.25. The molecule has 0 atom stereocenters. The highest BCUT2D eigenvalue weighted by Crippen LogP contribution is 2.20. The molecular formula is C16H14ClN3O2S2. The minimum Gasteiger partial charge on any atom is -0.255 e. The van der Waals surface area contributed by atoms with Gasteiger partial charge >= 0.3 is 0 Å². The zero-order chi connectivity index (χ0) is 17.0. The van der Waals surface area contributed by atoms with Crippen molar-refractivity contribution in [2.24, 2.45) is 0 Å². The van der Waals surface area contributed by atoms with Crippen molar-refractivity contribution in [3.63, 3.8) is 0 Å². The number of benzene rings is 1. The summed E-state index contributed by atoms with van der Waals surface area (Å²) in [5.74, 6) is -0.162. The quantitative estimate of drug-likeness (QED) is 0.711. The summed E-state index contributed by atoms with van der Waals surface area (Å²) in [5.41, 5.74) is 2.07. The predicted molar refractivity (Wildman–Crippen MR) is 96.3 cm³/mol. The lowest BCUT2D eigenvalue weighted by Crippen LogP contribution is -2.24. The van der Waals surface area contributed by atoms with Gasteiger partial charge in [0, 0.05) is 16.6 Å². The molecule has 0 fully saturated rings. The number of thiazole rings is 1. The number of nitrogens with zero attached hydrogens (tertiary/aromatic N) is 2. The minimum atomic E-state index is -3.49. The third-order valence-electron chi connectivity index (χ3n) is 3.23. The van der Waals surface area contributed by atoms with Crippen LogP contribution in [-0.4, -0.2) is 18.4 Å². The van der Waals surface area contributed by atoms with Crippen LogP contribution in [0.2, 0.25) is 5.02 Å². The molecule has 1 aromatic carbocycles. The molecule has 3 aromatic rings. The van der Waals surface area contributed by atoms with Gasteiger partial charge in [0.15, 0.2) is 0 Å². The zero-order valence-electron chi connectivity index (χ0n) is 12.5. The van der Waals surface area contributed by atoms with Gasteiger partial charge in [0.05, 0.1) is 23.7 Å². The van der Waals surface area contributed by atoms with Gasteiger partial charge in [-0.05, 0) is 23.8 Å². The molecule has 2 aromatic heterocycles. The van der Waals surface area contributed by atoms with Crippen LogP contribution in [0.1, 0.15) is 10.6 Å². The molecule has 0 radical (unpaired) electrons. The van der Waals surface area contributed by atoms with E-state index in [1.54, 1.807) is 30.5 Å². The number of hydrogen-bond donors (Lipinski definition) is 1. The van der Waals surface area contributed by atoms with Crippen LogP contribution >= 0.6 is 22.9 Å². The van der Waals surface area contributed by atoms with Crippen LogP contribution in [0.4, 0.5) is 0 Å². The van der Waals surface area contributed by atoms with E-state index in [1.807, 2.05) is 23.6 Å². The van der Waals surface area contributed by atoms with Gasteiger partial charge in [-0.25, -0.2) is 18.1 Å². The number of nitrogens with one attached hydrogen (secondary N) is 1. The van der Waals surface area contributed by atoms with Crippen molar-refractivity contribution in [2.45, 2.75) is 12.3 Å². The van der Waals surface area contributed by atoms with E-state index in [2.05, 4.69) is 14.7 Å². The molecular weight excluding hydrogens is 366 g/mol. The fraction of sp³-hybridized carbons (Fsp3) is 0.125. The highest BCUT2D eigenvalue weighted by Gasteiger charge is 2.14. The number of sulfonamides is 1. The van der Waals surface area contributed by atoms with Crippen LogP contribution in [0.25, 0.3) is 11.4 Å². The number of hydrogen-bond acceptors (Lipinski definition) is 5. The number of pyridine rings is 1. The molecule has 3 rings (SSSR count). The average molecular weight is 380 g/mol. The smallest absolute Gasteiger partial charge is 0.216 e. The Balaban J connectivity index is 1.65. The lowest BCUT2D eigenvalue weighted by Gasteiger charge is -2.06. The Morgan fingerprint density at radius 2 is 1.88 bits per heavy atom. The molecule has 0 saturated heterocycles. The molecule has 5 nitrogen and oxygen atoms in total. The maximum absolute atomic E-state index is 12.2. The molecule has 24 heavy (non-hydrogen) atoms. The lowest BCUT2D eigenvalue weighted by molar-refractivity contribution is 0.580. The van der Waals surface area contributed by atoms with E-state index in [0.29, 0.717) is 15.6 Å². The van der Waals surface area contributed by atoms with Gasteiger partial charge in [0.2, 0.25) is 10.0 Å². The molecule has 0 unspecified atom stereocenters. The summed E-state index contributed by atoms with van der Waals surface area (Å²) in [6.45, 7) is 0.143. The normalized spacial score (nSPS) is 11.5. The number of rotatable bonds is 6. The molecule has 0 aliphatic carbocycles. The van der Waals surface area contributed by atoms with Crippen LogP contribution in [0.15, 0.2) is 54.0 Å². The summed E-state index contributed by atoms with van der Waals surface area (Å²) in [6, 6.07) is 12.5. The van der Waals surface area contributed by atoms with E-state index in [4.69, 9.17) is 11.6 Å². The summed E-state index contributed by atoms with van der Waals surface area (Å²) >= 11 is 7.40. The standard InChI is InChI=1S/C16H14ClN3O2S2/c17-13-6-2-1-5-12(13)11-24(21,22)19-9-16-20-15(10-23-16)14-7-3-4-8-18-14/h1-8,10,19H,9,11H2. The van der Waals surface area contributed by atoms with Gasteiger partial charge < -0.3 is 0 Å². The Morgan fingerprint density at radius 1 is 1.08 bits per heavy atom. The monoisotopic (exact) mass is 379 g/mol. The first-order valence-electron chi connectivity index (χ1n) is 7.10. The molecule has 0 saturated carbocycles. The summed E-state index contributed by atoms with van der Waals surface area (Å²) < 4.78 is 27.0. The van der Waals surface area contributed by atoms with Crippen molar-refractivity contribution in [2.75, 3.05) is 0 Å². The molecule has 0 amide bonds. The Hall–Kier alpha value is -1.80. The highest BCUT2D eigenvalue weighted by atomic mass is 35.5. The van der Waals surface area contributed by atoms with Crippen LogP contribution in [-0.2, 0) is 22.3 Å². The van der Waals surface area contributed by atoms with Gasteiger partial charge in [-0.2, -0.15) is 0 Å². The minimum absolute atomic E-state index is 0.143. The zero-order valence-corrected chi connectivity index (χ0v) is 14.9. The first kappa shape index (κ1) is 17.0. The van der Waals surface area contributed by atoms with Crippen LogP contribution in [0, 0.1) is 0 Å². The fourth-order valence-corrected chi connectivity index (χ4v) is 4.29. The van der Waals surface area contributed by atoms with Gasteiger partial charge in [-0.15, -0.1) is 11.3 Å². The second-order valence-electron chi connectivity index (χ2n) is 5.01. The molecule has 0 bridgehead atoms. The summed E-state index contributed by atoms with van der Waals surface area (Å²) in [7, 11) is -3.49. The van der Waals surface area contributed by atoms with E-state index in [0.717, 1.165) is 11.4 Å². The van der Waals surface area contributed by atoms with Crippen molar-refractivity contribution in [3.05, 3.63) is 69.6 Å². The number of aromatic nitrogens is 2. The largest absolute Gasteiger partial charge is 0.255 e. The topological polar surface area (TPSA) is 72.0 Å². The second kappa shape index (κ2) is 7.40. The summed E-state index contributed by atoms with van der Waals surface area (Å²) in [6.07, 6.45) is 1.70. The lowest BCUT2D eigenvalue weighted by atomic mass is 10.2. The number of halogens is 1. The molecule has 0 spiro atoms. The molecule has 8 heteroatoms. The Morgan fingerprint density at radius 3 is 2.62 bits per heavy atom. The van der Waals surface area contributed by atoms with Crippen molar-refractivity contribution in [3.8, 4) is 11.4 Å². The van der Waals surface area contributed by atoms with Crippen molar-refractivity contribution >= 4 is 33.0 Å². The second-order valence-corrected chi connectivity index (χ2v) is 8.17. The van der Waals surface area contributed by atoms with E-state index >= 15 is 0 Å². The van der Waals surface area contributed by atoms with Crippen molar-refractivity contribution in [1.29, 1.82) is 0 Å². The van der Waals surface area contributed by atoms with E-state index in [9.17, 15) is 8.42 Å². The van der Waals surface area contributed by atoms with E-state index in [1.165, 1.54) is 11.3 Å². The predicted octanol–water partition coefficient (Wildman–Crippen LogP) is 3.48. The van der Waals surface area contributed by atoms with Crippen LogP contribution in [0.3, 0.4) is 0 Å². The van der Waals surface area contributed by atoms with E-state index in [-0.39, 0.29) is 12.3 Å². The summed E-state index contributed by atoms with van der Waals surface area (Å²) in [5, 5.41) is 2.98. The summed E-state index contributed by atoms with van der Waals surface area (Å²) in [4.78, 5) is 8.64. The molecule has 1 N–H and O–H groups in total.